The van der Waals surface area contributed by atoms with Gasteiger partial charge < -0.3 is 9.57 Å². The van der Waals surface area contributed by atoms with Crippen LogP contribution in [0, 0.1) is 0 Å². The second-order valence-electron chi connectivity index (χ2n) is 7.68. The second kappa shape index (κ2) is 6.68. The molecule has 1 aromatic rings. The number of oxime groups is 1. The summed E-state index contributed by atoms with van der Waals surface area (Å²) in [6, 6.07) is 8.34. The average Bonchev–Trinajstić information content (AvgIpc) is 3.30. The van der Waals surface area contributed by atoms with Gasteiger partial charge in [0.2, 0.25) is 0 Å². The van der Waals surface area contributed by atoms with E-state index in [1.807, 2.05) is 12.1 Å². The van der Waals surface area contributed by atoms with Crippen molar-refractivity contribution in [1.82, 2.24) is 0 Å². The third kappa shape index (κ3) is 3.77. The van der Waals surface area contributed by atoms with Gasteiger partial charge in [-0.1, -0.05) is 29.4 Å². The minimum Gasteiger partial charge on any atom is -0.457 e. The summed E-state index contributed by atoms with van der Waals surface area (Å²) in [5.74, 6) is -0.0745. The van der Waals surface area contributed by atoms with E-state index < -0.39 is 32.8 Å². The SMILES string of the molecule is CC(OC(=O)C(C)(C)S(C)(=O)=O)C1CC(c2ccc(C3CC3)cc2)=NO1. The highest BCUT2D eigenvalue weighted by atomic mass is 32.2. The van der Waals surface area contributed by atoms with Gasteiger partial charge in [0.15, 0.2) is 20.7 Å². The molecule has 0 radical (unpaired) electrons. The molecule has 1 heterocycles. The van der Waals surface area contributed by atoms with Gasteiger partial charge in [-0.05, 0) is 50.7 Å². The summed E-state index contributed by atoms with van der Waals surface area (Å²) in [5.41, 5.74) is 3.16. The van der Waals surface area contributed by atoms with Crippen molar-refractivity contribution in [3.05, 3.63) is 35.4 Å². The number of rotatable bonds is 6. The molecule has 0 bridgehead atoms. The van der Waals surface area contributed by atoms with E-state index in [-0.39, 0.29) is 0 Å². The first-order valence-electron chi connectivity index (χ1n) is 8.83. The van der Waals surface area contributed by atoms with Crippen molar-refractivity contribution >= 4 is 21.5 Å². The first-order valence-corrected chi connectivity index (χ1v) is 10.7. The Morgan fingerprint density at radius 1 is 1.27 bits per heavy atom. The van der Waals surface area contributed by atoms with Crippen molar-refractivity contribution < 1.29 is 22.8 Å². The molecule has 1 saturated carbocycles. The predicted molar refractivity (Wildman–Crippen MR) is 98.9 cm³/mol. The van der Waals surface area contributed by atoms with E-state index in [0.29, 0.717) is 12.3 Å². The van der Waals surface area contributed by atoms with Crippen molar-refractivity contribution in [3.8, 4) is 0 Å². The van der Waals surface area contributed by atoms with Crippen LogP contribution in [0.25, 0.3) is 0 Å². The van der Waals surface area contributed by atoms with Crippen LogP contribution in [0.15, 0.2) is 29.4 Å². The molecule has 0 spiro atoms. The monoisotopic (exact) mass is 379 g/mol. The van der Waals surface area contributed by atoms with Crippen LogP contribution >= 0.6 is 0 Å². The number of hydrogen-bond acceptors (Lipinski definition) is 6. The number of sulfone groups is 1. The topological polar surface area (TPSA) is 82.0 Å². The van der Waals surface area contributed by atoms with Gasteiger partial charge in [0.1, 0.15) is 6.10 Å². The fraction of sp³-hybridized carbons (Fsp3) is 0.579. The van der Waals surface area contributed by atoms with Crippen LogP contribution < -0.4 is 0 Å². The van der Waals surface area contributed by atoms with E-state index in [0.717, 1.165) is 17.5 Å². The molecule has 0 saturated heterocycles. The van der Waals surface area contributed by atoms with Gasteiger partial charge in [0, 0.05) is 12.7 Å². The number of ether oxygens (including phenoxy) is 1. The summed E-state index contributed by atoms with van der Waals surface area (Å²) in [6.45, 7) is 4.38. The fourth-order valence-corrected chi connectivity index (χ4v) is 3.07. The Kier molecular flexibility index (Phi) is 4.86. The standard InChI is InChI=1S/C19H25NO5S/c1-12(24-18(21)19(2,3)26(4,22)23)17-11-16(20-25-17)15-9-7-14(8-10-15)13-5-6-13/h7-10,12-13,17H,5-6,11H2,1-4H3. The molecule has 7 heteroatoms. The molecule has 3 rings (SSSR count). The molecule has 1 aliphatic carbocycles. The lowest BCUT2D eigenvalue weighted by molar-refractivity contribution is -0.157. The minimum atomic E-state index is -3.57. The number of carbonyl (C=O) groups is 1. The summed E-state index contributed by atoms with van der Waals surface area (Å²) in [7, 11) is -3.57. The summed E-state index contributed by atoms with van der Waals surface area (Å²) in [4.78, 5) is 17.7. The van der Waals surface area contributed by atoms with Crippen LogP contribution in [0.1, 0.15) is 57.1 Å². The largest absolute Gasteiger partial charge is 0.457 e. The predicted octanol–water partition coefficient (Wildman–Crippen LogP) is 2.81. The van der Waals surface area contributed by atoms with E-state index >= 15 is 0 Å². The van der Waals surface area contributed by atoms with Crippen molar-refractivity contribution in [1.29, 1.82) is 0 Å². The Morgan fingerprint density at radius 2 is 1.88 bits per heavy atom. The summed E-state index contributed by atoms with van der Waals surface area (Å²) in [5, 5.41) is 4.12. The van der Waals surface area contributed by atoms with E-state index in [1.54, 1.807) is 6.92 Å². The molecule has 1 aliphatic heterocycles. The number of esters is 1. The van der Waals surface area contributed by atoms with Crippen LogP contribution in [0.4, 0.5) is 0 Å². The van der Waals surface area contributed by atoms with Gasteiger partial charge in [0.25, 0.3) is 0 Å². The van der Waals surface area contributed by atoms with Crippen LogP contribution in [-0.4, -0.2) is 43.3 Å². The summed E-state index contributed by atoms with van der Waals surface area (Å²) in [6.07, 6.45) is 3.03. The summed E-state index contributed by atoms with van der Waals surface area (Å²) >= 11 is 0. The zero-order valence-electron chi connectivity index (χ0n) is 15.6. The second-order valence-corrected chi connectivity index (χ2v) is 10.2. The smallest absolute Gasteiger partial charge is 0.327 e. The van der Waals surface area contributed by atoms with E-state index in [1.165, 1.54) is 32.3 Å². The molecule has 142 valence electrons. The maximum atomic E-state index is 12.2. The molecule has 26 heavy (non-hydrogen) atoms. The third-order valence-corrected chi connectivity index (χ3v) is 7.24. The van der Waals surface area contributed by atoms with Crippen LogP contribution in [0.5, 0.6) is 0 Å². The normalized spacial score (nSPS) is 21.7. The number of nitrogens with zero attached hydrogens (tertiary/aromatic N) is 1. The van der Waals surface area contributed by atoms with Crippen LogP contribution in [0.2, 0.25) is 0 Å². The maximum Gasteiger partial charge on any atom is 0.327 e. The lowest BCUT2D eigenvalue weighted by atomic mass is 10.0. The Bertz CT molecular complexity index is 822. The van der Waals surface area contributed by atoms with E-state index in [9.17, 15) is 13.2 Å². The van der Waals surface area contributed by atoms with Gasteiger partial charge in [-0.25, -0.2) is 8.42 Å². The Balaban J connectivity index is 1.59. The van der Waals surface area contributed by atoms with Crippen molar-refractivity contribution in [2.24, 2.45) is 5.16 Å². The lowest BCUT2D eigenvalue weighted by Crippen LogP contribution is -2.44. The fourth-order valence-electron chi connectivity index (χ4n) is 2.72. The zero-order valence-corrected chi connectivity index (χ0v) is 16.4. The van der Waals surface area contributed by atoms with Crippen molar-refractivity contribution in [2.45, 2.75) is 62.9 Å². The molecule has 0 amide bonds. The highest BCUT2D eigenvalue weighted by molar-refractivity contribution is 7.92. The zero-order chi connectivity index (χ0) is 19.1. The van der Waals surface area contributed by atoms with E-state index in [4.69, 9.17) is 9.57 Å². The molecule has 1 aromatic carbocycles. The van der Waals surface area contributed by atoms with Crippen LogP contribution in [0.3, 0.4) is 0 Å². The average molecular weight is 379 g/mol. The highest BCUT2D eigenvalue weighted by Crippen LogP contribution is 2.40. The maximum absolute atomic E-state index is 12.2. The molecular formula is C19H25NO5S. The molecule has 0 aromatic heterocycles. The molecule has 2 atom stereocenters. The Morgan fingerprint density at radius 3 is 2.42 bits per heavy atom. The van der Waals surface area contributed by atoms with Gasteiger partial charge in [-0.2, -0.15) is 0 Å². The molecule has 6 nitrogen and oxygen atoms in total. The quantitative estimate of drug-likeness (QED) is 0.710. The van der Waals surface area contributed by atoms with Gasteiger partial charge >= 0.3 is 5.97 Å². The Hall–Kier alpha value is -1.89. The first kappa shape index (κ1) is 18.9. The van der Waals surface area contributed by atoms with Gasteiger partial charge in [0.05, 0.1) is 5.71 Å². The van der Waals surface area contributed by atoms with E-state index in [2.05, 4.69) is 17.3 Å². The molecule has 1 fully saturated rings. The third-order valence-electron chi connectivity index (χ3n) is 5.22. The molecular weight excluding hydrogens is 354 g/mol. The number of benzene rings is 1. The van der Waals surface area contributed by atoms with Gasteiger partial charge in [-0.3, -0.25) is 4.79 Å². The first-order chi connectivity index (χ1) is 12.1. The number of hydrogen-bond donors (Lipinski definition) is 0. The molecule has 0 N–H and O–H groups in total. The molecule has 2 unspecified atom stereocenters. The van der Waals surface area contributed by atoms with Crippen LogP contribution in [-0.2, 0) is 24.2 Å². The summed E-state index contributed by atoms with van der Waals surface area (Å²) < 4.78 is 27.3. The van der Waals surface area contributed by atoms with Crippen molar-refractivity contribution in [3.63, 3.8) is 0 Å². The van der Waals surface area contributed by atoms with Crippen molar-refractivity contribution in [2.75, 3.05) is 6.26 Å². The number of carbonyl (C=O) groups excluding carboxylic acids is 1. The Labute approximate surface area is 154 Å². The minimum absolute atomic E-state index is 0.424. The lowest BCUT2D eigenvalue weighted by Gasteiger charge is -2.25. The molecule has 2 aliphatic rings. The highest BCUT2D eigenvalue weighted by Gasteiger charge is 2.42. The van der Waals surface area contributed by atoms with Gasteiger partial charge in [-0.15, -0.1) is 0 Å².